The van der Waals surface area contributed by atoms with Crippen molar-refractivity contribution in [2.24, 2.45) is 0 Å². The first-order valence-corrected chi connectivity index (χ1v) is 16.4. The van der Waals surface area contributed by atoms with Crippen molar-refractivity contribution in [3.63, 3.8) is 0 Å². The number of carbonyl (C=O) groups is 1. The molecule has 1 unspecified atom stereocenters. The monoisotopic (exact) mass is 588 g/mol. The van der Waals surface area contributed by atoms with Gasteiger partial charge in [-0.15, -0.1) is 11.3 Å². The molecule has 216 valence electrons. The lowest BCUT2D eigenvalue weighted by Crippen LogP contribution is -2.38. The average Bonchev–Trinajstić information content (AvgIpc) is 3.53. The third-order valence-electron chi connectivity index (χ3n) is 7.60. The zero-order chi connectivity index (χ0) is 28.3. The Bertz CT molecular complexity index is 1430. The summed E-state index contributed by atoms with van der Waals surface area (Å²) in [6, 6.07) is 5.76. The summed E-state index contributed by atoms with van der Waals surface area (Å²) in [6.07, 6.45) is 10.8. The molecule has 2 aromatic heterocycles. The van der Waals surface area contributed by atoms with Gasteiger partial charge in [0.15, 0.2) is 0 Å². The van der Waals surface area contributed by atoms with Crippen molar-refractivity contribution < 1.29 is 18.1 Å². The minimum absolute atomic E-state index is 0.105. The molecule has 0 bridgehead atoms. The topological polar surface area (TPSA) is 122 Å². The molecule has 2 saturated carbocycles. The summed E-state index contributed by atoms with van der Waals surface area (Å²) in [5.41, 5.74) is 2.21. The maximum absolute atomic E-state index is 13.9. The van der Waals surface area contributed by atoms with Gasteiger partial charge in [-0.3, -0.25) is 4.68 Å². The van der Waals surface area contributed by atoms with E-state index in [0.717, 1.165) is 60.4 Å². The number of carbonyl (C=O) groups excluding carboxylic acids is 1. The number of nitrogens with zero attached hydrogens (tertiary/aromatic N) is 3. The predicted molar refractivity (Wildman–Crippen MR) is 156 cm³/mol. The highest BCUT2D eigenvalue weighted by molar-refractivity contribution is 7.93. The smallest absolute Gasteiger partial charge is 0.407 e. The third-order valence-corrected chi connectivity index (χ3v) is 11.2. The Morgan fingerprint density at radius 1 is 1.20 bits per heavy atom. The number of thiazole rings is 1. The number of aryl methyl sites for hydroxylation is 1. The number of anilines is 2. The molecule has 0 aliphatic heterocycles. The molecule has 3 N–H and O–H groups in total. The number of nitrogens with one attached hydrogen (secondary N) is 3. The van der Waals surface area contributed by atoms with Crippen molar-refractivity contribution in [2.75, 3.05) is 12.0 Å². The normalized spacial score (nSPS) is 21.0. The Balaban J connectivity index is 1.34. The number of rotatable bonds is 10. The molecular weight excluding hydrogens is 551 g/mol. The van der Waals surface area contributed by atoms with Gasteiger partial charge in [0.2, 0.25) is 0 Å². The summed E-state index contributed by atoms with van der Waals surface area (Å²) in [5, 5.41) is 11.3. The number of halogens is 1. The zero-order valence-corrected chi connectivity index (χ0v) is 24.5. The van der Waals surface area contributed by atoms with E-state index in [1.54, 1.807) is 23.7 Å². The van der Waals surface area contributed by atoms with E-state index in [-0.39, 0.29) is 30.0 Å². The number of hydrogen-bond donors (Lipinski definition) is 3. The lowest BCUT2D eigenvalue weighted by atomic mass is 9.86. The number of alkyl carbamates (subject to hydrolysis) is 1. The second-order valence-corrected chi connectivity index (χ2v) is 14.3. The molecule has 1 amide bonds. The lowest BCUT2D eigenvalue weighted by molar-refractivity contribution is 0.109. The fourth-order valence-electron chi connectivity index (χ4n) is 5.24. The van der Waals surface area contributed by atoms with Crippen LogP contribution >= 0.6 is 11.3 Å². The number of aromatic nitrogens is 3. The first-order valence-electron chi connectivity index (χ1n) is 13.9. The maximum atomic E-state index is 13.9. The molecule has 1 aromatic carbocycles. The van der Waals surface area contributed by atoms with Gasteiger partial charge in [-0.05, 0) is 64.5 Å². The Hall–Kier alpha value is -2.99. The van der Waals surface area contributed by atoms with Crippen molar-refractivity contribution in [3.8, 4) is 10.4 Å². The van der Waals surface area contributed by atoms with Gasteiger partial charge in [0.25, 0.3) is 0 Å². The molecule has 3 aromatic rings. The summed E-state index contributed by atoms with van der Waals surface area (Å²) in [7, 11) is -3.03. The van der Waals surface area contributed by atoms with Gasteiger partial charge in [-0.1, -0.05) is 12.5 Å². The van der Waals surface area contributed by atoms with Crippen LogP contribution in [0.5, 0.6) is 0 Å². The summed E-state index contributed by atoms with van der Waals surface area (Å²) in [5.74, 6) is 0.301. The molecule has 2 fully saturated rings. The van der Waals surface area contributed by atoms with Crippen LogP contribution in [0, 0.1) is 4.78 Å². The Labute approximate surface area is 238 Å². The van der Waals surface area contributed by atoms with Gasteiger partial charge in [-0.25, -0.2) is 23.2 Å². The number of alkyl halides is 1. The largest absolute Gasteiger partial charge is 0.447 e. The van der Waals surface area contributed by atoms with Crippen molar-refractivity contribution in [1.29, 1.82) is 4.78 Å². The second-order valence-electron chi connectivity index (χ2n) is 10.9. The first kappa shape index (κ1) is 28.5. The molecular formula is C28H37FN6O3S2. The number of amides is 1. The standard InChI is InChI=1S/C28H37FN6O3S2/c1-18(2)38-28(36)34-20-8-6-19(7-9-20)27-31-16-25(39-27)24-11-10-21(33-22-15-32-35(17-22)13-12-29)14-26(24)40(30,37)23-4-3-5-23/h10-11,14-20,23,30,33H,3-9,12-13H2,1-2H3,(H,34,36)/t19-,20-,40?. The second kappa shape index (κ2) is 12.3. The highest BCUT2D eigenvalue weighted by Gasteiger charge is 2.32. The summed E-state index contributed by atoms with van der Waals surface area (Å²) >= 11 is 1.60. The SMILES string of the molecule is CC(C)OC(=O)N[C@H]1CC[C@H](c2ncc(-c3ccc(Nc4cnn(CCF)c4)cc3S(=N)(=O)C3CCC3)s2)CC1. The van der Waals surface area contributed by atoms with Gasteiger partial charge < -0.3 is 15.4 Å². The van der Waals surface area contributed by atoms with Gasteiger partial charge in [0.05, 0.1) is 49.0 Å². The summed E-state index contributed by atoms with van der Waals surface area (Å²) < 4.78 is 42.3. The van der Waals surface area contributed by atoms with Crippen LogP contribution in [0.15, 0.2) is 41.7 Å². The molecule has 0 radical (unpaired) electrons. The van der Waals surface area contributed by atoms with Crippen LogP contribution in [0.1, 0.15) is 69.7 Å². The number of hydrogen-bond acceptors (Lipinski definition) is 8. The van der Waals surface area contributed by atoms with E-state index in [0.29, 0.717) is 22.2 Å². The van der Waals surface area contributed by atoms with Crippen LogP contribution in [0.4, 0.5) is 20.6 Å². The highest BCUT2D eigenvalue weighted by atomic mass is 32.2. The molecule has 40 heavy (non-hydrogen) atoms. The van der Waals surface area contributed by atoms with E-state index in [4.69, 9.17) is 14.5 Å². The molecule has 2 heterocycles. The van der Waals surface area contributed by atoms with Crippen molar-refractivity contribution in [3.05, 3.63) is 41.8 Å². The molecule has 2 aliphatic rings. The van der Waals surface area contributed by atoms with Crippen LogP contribution < -0.4 is 10.6 Å². The molecule has 2 aliphatic carbocycles. The van der Waals surface area contributed by atoms with E-state index in [9.17, 15) is 13.4 Å². The average molecular weight is 589 g/mol. The van der Waals surface area contributed by atoms with Gasteiger partial charge in [0, 0.05) is 40.9 Å². The van der Waals surface area contributed by atoms with Crippen LogP contribution in [0.2, 0.25) is 0 Å². The van der Waals surface area contributed by atoms with Crippen molar-refractivity contribution in [1.82, 2.24) is 20.1 Å². The molecule has 0 saturated heterocycles. The quantitative estimate of drug-likeness (QED) is 0.238. The van der Waals surface area contributed by atoms with Gasteiger partial charge >= 0.3 is 6.09 Å². The number of benzene rings is 1. The number of ether oxygens (including phenoxy) is 1. The van der Waals surface area contributed by atoms with E-state index in [2.05, 4.69) is 15.7 Å². The molecule has 9 nitrogen and oxygen atoms in total. The van der Waals surface area contributed by atoms with Crippen LogP contribution in [0.25, 0.3) is 10.4 Å². The summed E-state index contributed by atoms with van der Waals surface area (Å²) in [4.78, 5) is 18.2. The zero-order valence-electron chi connectivity index (χ0n) is 22.9. The molecule has 5 rings (SSSR count). The fraction of sp³-hybridized carbons (Fsp3) is 0.536. The van der Waals surface area contributed by atoms with E-state index >= 15 is 0 Å². The summed E-state index contributed by atoms with van der Waals surface area (Å²) in [6.45, 7) is 3.36. The molecule has 12 heteroatoms. The molecule has 0 spiro atoms. The third kappa shape index (κ3) is 6.49. The van der Waals surface area contributed by atoms with Crippen LogP contribution in [0.3, 0.4) is 0 Å². The van der Waals surface area contributed by atoms with Gasteiger partial charge in [0.1, 0.15) is 6.67 Å². The minimum atomic E-state index is -3.03. The Morgan fingerprint density at radius 3 is 2.65 bits per heavy atom. The van der Waals surface area contributed by atoms with E-state index < -0.39 is 16.4 Å². The predicted octanol–water partition coefficient (Wildman–Crippen LogP) is 6.84. The van der Waals surface area contributed by atoms with Crippen molar-refractivity contribution in [2.45, 2.75) is 93.5 Å². The van der Waals surface area contributed by atoms with Gasteiger partial charge in [-0.2, -0.15) is 5.10 Å². The minimum Gasteiger partial charge on any atom is -0.447 e. The van der Waals surface area contributed by atoms with E-state index in [1.807, 2.05) is 38.2 Å². The van der Waals surface area contributed by atoms with Crippen LogP contribution in [-0.4, -0.2) is 49.1 Å². The molecule has 1 atom stereocenters. The van der Waals surface area contributed by atoms with Crippen molar-refractivity contribution >= 4 is 38.5 Å². The fourth-order valence-corrected chi connectivity index (χ4v) is 8.59. The maximum Gasteiger partial charge on any atom is 0.407 e. The first-order chi connectivity index (χ1) is 19.2. The highest BCUT2D eigenvalue weighted by Crippen LogP contribution is 2.42. The van der Waals surface area contributed by atoms with E-state index in [1.165, 1.54) is 4.68 Å². The lowest BCUT2D eigenvalue weighted by Gasteiger charge is -2.29. The van der Waals surface area contributed by atoms with Crippen LogP contribution in [-0.2, 0) is 21.0 Å². The Kier molecular flexibility index (Phi) is 8.74. The Morgan fingerprint density at radius 2 is 1.98 bits per heavy atom.